The summed E-state index contributed by atoms with van der Waals surface area (Å²) in [5, 5.41) is 0. The lowest BCUT2D eigenvalue weighted by atomic mass is 10.1. The molecule has 0 radical (unpaired) electrons. The molecule has 1 unspecified atom stereocenters. The first-order valence-electron chi connectivity index (χ1n) is 7.86. The van der Waals surface area contributed by atoms with Gasteiger partial charge >= 0.3 is 0 Å². The van der Waals surface area contributed by atoms with Crippen molar-refractivity contribution in [3.8, 4) is 0 Å². The van der Waals surface area contributed by atoms with Gasteiger partial charge in [-0.15, -0.1) is 0 Å². The van der Waals surface area contributed by atoms with Crippen LogP contribution in [0.4, 0.5) is 5.69 Å². The van der Waals surface area contributed by atoms with Crippen LogP contribution < -0.4 is 5.73 Å². The Morgan fingerprint density at radius 3 is 2.76 bits per heavy atom. The fourth-order valence-electron chi connectivity index (χ4n) is 3.41. The third-order valence-corrected chi connectivity index (χ3v) is 4.56. The molecule has 0 heterocycles. The molecule has 110 valence electrons. The number of hydrogen-bond donors (Lipinski definition) is 1. The number of benzene rings is 2. The number of anilines is 1. The molecule has 21 heavy (non-hydrogen) atoms. The molecule has 0 spiro atoms. The van der Waals surface area contributed by atoms with Gasteiger partial charge in [0.25, 0.3) is 0 Å². The van der Waals surface area contributed by atoms with Crippen molar-refractivity contribution >= 4 is 5.69 Å². The average molecular weight is 280 g/mol. The van der Waals surface area contributed by atoms with E-state index < -0.39 is 0 Å². The van der Waals surface area contributed by atoms with Crippen LogP contribution >= 0.6 is 0 Å². The van der Waals surface area contributed by atoms with E-state index >= 15 is 0 Å². The number of rotatable bonds is 5. The zero-order chi connectivity index (χ0) is 14.7. The fraction of sp³-hybridized carbons (Fsp3) is 0.368. The zero-order valence-electron chi connectivity index (χ0n) is 12.8. The molecule has 2 heteroatoms. The third kappa shape index (κ3) is 3.27. The van der Waals surface area contributed by atoms with Crippen molar-refractivity contribution in [3.63, 3.8) is 0 Å². The van der Waals surface area contributed by atoms with E-state index in [1.165, 1.54) is 29.5 Å². The molecule has 2 aromatic rings. The van der Waals surface area contributed by atoms with E-state index in [0.29, 0.717) is 6.04 Å². The van der Waals surface area contributed by atoms with Gasteiger partial charge < -0.3 is 5.73 Å². The Morgan fingerprint density at radius 1 is 1.14 bits per heavy atom. The summed E-state index contributed by atoms with van der Waals surface area (Å²) in [5.74, 6) is 0. The molecular weight excluding hydrogens is 256 g/mol. The van der Waals surface area contributed by atoms with Crippen molar-refractivity contribution in [1.29, 1.82) is 0 Å². The quantitative estimate of drug-likeness (QED) is 0.844. The number of nitrogens with zero attached hydrogens (tertiary/aromatic N) is 1. The molecule has 1 aliphatic rings. The molecule has 1 atom stereocenters. The Kier molecular flexibility index (Phi) is 4.26. The second-order valence-corrected chi connectivity index (χ2v) is 6.08. The summed E-state index contributed by atoms with van der Waals surface area (Å²) in [4.78, 5) is 2.50. The van der Waals surface area contributed by atoms with Crippen LogP contribution in [-0.4, -0.2) is 18.5 Å². The van der Waals surface area contributed by atoms with Crippen molar-refractivity contribution < 1.29 is 0 Å². The average Bonchev–Trinajstić information content (AvgIpc) is 2.91. The van der Waals surface area contributed by atoms with Crippen molar-refractivity contribution in [2.45, 2.75) is 31.7 Å². The molecule has 0 saturated heterocycles. The predicted octanol–water partition coefficient (Wildman–Crippen LogP) is 3.82. The third-order valence-electron chi connectivity index (χ3n) is 4.56. The number of nitrogen functional groups attached to an aromatic ring is 1. The molecular formula is C19H24N2. The molecule has 2 aromatic carbocycles. The van der Waals surface area contributed by atoms with Gasteiger partial charge in [0.2, 0.25) is 0 Å². The van der Waals surface area contributed by atoms with Gasteiger partial charge in [-0.1, -0.05) is 36.4 Å². The van der Waals surface area contributed by atoms with E-state index in [4.69, 9.17) is 5.73 Å². The van der Waals surface area contributed by atoms with Gasteiger partial charge in [0.15, 0.2) is 0 Å². The second kappa shape index (κ2) is 6.31. The Balaban J connectivity index is 1.56. The van der Waals surface area contributed by atoms with Crippen LogP contribution in [0.5, 0.6) is 0 Å². The molecule has 3 rings (SSSR count). The number of nitrogens with two attached hydrogens (primary N) is 1. The van der Waals surface area contributed by atoms with Crippen LogP contribution in [0.25, 0.3) is 0 Å². The summed E-state index contributed by atoms with van der Waals surface area (Å²) in [6.07, 6.45) is 4.75. The summed E-state index contributed by atoms with van der Waals surface area (Å²) in [7, 11) is 2.25. The highest BCUT2D eigenvalue weighted by molar-refractivity contribution is 5.47. The fourth-order valence-corrected chi connectivity index (χ4v) is 3.41. The molecule has 2 N–H and O–H groups in total. The number of fused-ring (bicyclic) bond motifs is 1. The highest BCUT2D eigenvalue weighted by atomic mass is 15.1. The van der Waals surface area contributed by atoms with E-state index in [0.717, 1.165) is 25.1 Å². The van der Waals surface area contributed by atoms with Crippen LogP contribution in [-0.2, 0) is 12.8 Å². The lowest BCUT2D eigenvalue weighted by molar-refractivity contribution is 0.241. The molecule has 1 aliphatic carbocycles. The molecule has 0 saturated carbocycles. The van der Waals surface area contributed by atoms with Gasteiger partial charge in [-0.25, -0.2) is 0 Å². The summed E-state index contributed by atoms with van der Waals surface area (Å²) < 4.78 is 0. The SMILES string of the molecule is CN(CCCc1ccccc1)C1CCc2cc(N)ccc21. The van der Waals surface area contributed by atoms with E-state index in [9.17, 15) is 0 Å². The molecule has 0 aromatic heterocycles. The van der Waals surface area contributed by atoms with Crippen LogP contribution in [0.2, 0.25) is 0 Å². The van der Waals surface area contributed by atoms with Gasteiger partial charge in [0, 0.05) is 11.7 Å². The Hall–Kier alpha value is -1.80. The maximum absolute atomic E-state index is 5.88. The topological polar surface area (TPSA) is 29.3 Å². The van der Waals surface area contributed by atoms with E-state index in [2.05, 4.69) is 54.4 Å². The standard InChI is InChI=1S/C19H24N2/c1-21(13-5-8-15-6-3-2-4-7-15)19-12-9-16-14-17(20)10-11-18(16)19/h2-4,6-7,10-11,14,19H,5,8-9,12-13,20H2,1H3. The molecule has 0 fully saturated rings. The lowest BCUT2D eigenvalue weighted by Crippen LogP contribution is -2.24. The number of aryl methyl sites for hydroxylation is 2. The largest absolute Gasteiger partial charge is 0.399 e. The van der Waals surface area contributed by atoms with Crippen LogP contribution in [0.3, 0.4) is 0 Å². The van der Waals surface area contributed by atoms with Gasteiger partial charge in [0.05, 0.1) is 0 Å². The summed E-state index contributed by atoms with van der Waals surface area (Å²) >= 11 is 0. The smallest absolute Gasteiger partial charge is 0.0350 e. The minimum absolute atomic E-state index is 0.566. The highest BCUT2D eigenvalue weighted by Gasteiger charge is 2.25. The van der Waals surface area contributed by atoms with Gasteiger partial charge in [-0.05, 0) is 68.1 Å². The van der Waals surface area contributed by atoms with Crippen molar-refractivity contribution in [2.75, 3.05) is 19.3 Å². The Bertz CT molecular complexity index is 592. The summed E-state index contributed by atoms with van der Waals surface area (Å²) in [6.45, 7) is 1.14. The minimum atomic E-state index is 0.566. The van der Waals surface area contributed by atoms with E-state index in [1.807, 2.05) is 6.07 Å². The summed E-state index contributed by atoms with van der Waals surface area (Å²) in [6, 6.07) is 17.7. The first-order valence-corrected chi connectivity index (χ1v) is 7.86. The molecule has 2 nitrogen and oxygen atoms in total. The van der Waals surface area contributed by atoms with Crippen molar-refractivity contribution in [1.82, 2.24) is 4.90 Å². The van der Waals surface area contributed by atoms with Crippen molar-refractivity contribution in [3.05, 3.63) is 65.2 Å². The zero-order valence-corrected chi connectivity index (χ0v) is 12.8. The molecule has 0 bridgehead atoms. The predicted molar refractivity (Wildman–Crippen MR) is 89.3 cm³/mol. The van der Waals surface area contributed by atoms with Crippen LogP contribution in [0.1, 0.15) is 35.6 Å². The first kappa shape index (κ1) is 14.2. The van der Waals surface area contributed by atoms with Gasteiger partial charge in [0.1, 0.15) is 0 Å². The van der Waals surface area contributed by atoms with Crippen LogP contribution in [0.15, 0.2) is 48.5 Å². The number of hydrogen-bond acceptors (Lipinski definition) is 2. The monoisotopic (exact) mass is 280 g/mol. The van der Waals surface area contributed by atoms with Crippen molar-refractivity contribution in [2.24, 2.45) is 0 Å². The highest BCUT2D eigenvalue weighted by Crippen LogP contribution is 2.36. The van der Waals surface area contributed by atoms with E-state index in [1.54, 1.807) is 0 Å². The molecule has 0 amide bonds. The second-order valence-electron chi connectivity index (χ2n) is 6.08. The first-order chi connectivity index (χ1) is 10.2. The maximum atomic E-state index is 5.88. The normalized spacial score (nSPS) is 17.1. The molecule has 0 aliphatic heterocycles. The van der Waals surface area contributed by atoms with Crippen LogP contribution in [0, 0.1) is 0 Å². The van der Waals surface area contributed by atoms with Gasteiger partial charge in [-0.3, -0.25) is 4.90 Å². The summed E-state index contributed by atoms with van der Waals surface area (Å²) in [5.41, 5.74) is 11.1. The maximum Gasteiger partial charge on any atom is 0.0350 e. The minimum Gasteiger partial charge on any atom is -0.399 e. The van der Waals surface area contributed by atoms with E-state index in [-0.39, 0.29) is 0 Å². The Labute approximate surface area is 127 Å². The van der Waals surface area contributed by atoms with Gasteiger partial charge in [-0.2, -0.15) is 0 Å². The lowest BCUT2D eigenvalue weighted by Gasteiger charge is -2.25. The Morgan fingerprint density at radius 2 is 1.95 bits per heavy atom.